The number of nitrogens with one attached hydrogen (secondary N) is 1. The SMILES string of the molecule is COc1ccc(C(C)NC(=O)C=Cc2ccc3ccccc3n2)c(OC)c1. The van der Waals surface area contributed by atoms with Crippen molar-refractivity contribution in [2.24, 2.45) is 0 Å². The van der Waals surface area contributed by atoms with Crippen LogP contribution in [0, 0.1) is 0 Å². The molecular formula is C22H22N2O3. The molecule has 1 N–H and O–H groups in total. The molecule has 0 saturated carbocycles. The summed E-state index contributed by atoms with van der Waals surface area (Å²) in [5, 5.41) is 4.01. The van der Waals surface area contributed by atoms with Crippen molar-refractivity contribution in [3.8, 4) is 11.5 Å². The highest BCUT2D eigenvalue weighted by Crippen LogP contribution is 2.29. The lowest BCUT2D eigenvalue weighted by atomic mass is 10.1. The number of fused-ring (bicyclic) bond motifs is 1. The zero-order valence-corrected chi connectivity index (χ0v) is 15.6. The average molecular weight is 362 g/mol. The Hall–Kier alpha value is -3.34. The molecule has 0 saturated heterocycles. The maximum Gasteiger partial charge on any atom is 0.244 e. The Bertz CT molecular complexity index is 982. The van der Waals surface area contributed by atoms with Gasteiger partial charge in [0.15, 0.2) is 0 Å². The number of hydrogen-bond acceptors (Lipinski definition) is 4. The van der Waals surface area contributed by atoms with E-state index in [4.69, 9.17) is 9.47 Å². The molecule has 0 bridgehead atoms. The molecule has 0 spiro atoms. The first-order chi connectivity index (χ1) is 13.1. The van der Waals surface area contributed by atoms with Crippen LogP contribution in [-0.2, 0) is 4.79 Å². The molecule has 0 fully saturated rings. The number of carbonyl (C=O) groups is 1. The molecule has 0 aliphatic carbocycles. The summed E-state index contributed by atoms with van der Waals surface area (Å²) in [7, 11) is 3.20. The van der Waals surface area contributed by atoms with Crippen LogP contribution in [0.15, 0.2) is 60.7 Å². The van der Waals surface area contributed by atoms with E-state index >= 15 is 0 Å². The maximum absolute atomic E-state index is 12.3. The van der Waals surface area contributed by atoms with Crippen molar-refractivity contribution >= 4 is 22.9 Å². The summed E-state index contributed by atoms with van der Waals surface area (Å²) in [5.74, 6) is 1.18. The standard InChI is InChI=1S/C22H22N2O3/c1-15(19-12-11-18(26-2)14-21(19)27-3)23-22(25)13-10-17-9-8-16-6-4-5-7-20(16)24-17/h4-15H,1-3H3,(H,23,25). The van der Waals surface area contributed by atoms with Crippen LogP contribution >= 0.6 is 0 Å². The third-order valence-corrected chi connectivity index (χ3v) is 4.29. The van der Waals surface area contributed by atoms with Crippen LogP contribution in [0.25, 0.3) is 17.0 Å². The first-order valence-corrected chi connectivity index (χ1v) is 8.67. The van der Waals surface area contributed by atoms with E-state index in [9.17, 15) is 4.79 Å². The molecule has 5 heteroatoms. The molecule has 1 heterocycles. The molecule has 1 amide bonds. The third kappa shape index (κ3) is 4.44. The second kappa shape index (κ2) is 8.36. The Morgan fingerprint density at radius 1 is 1.07 bits per heavy atom. The third-order valence-electron chi connectivity index (χ3n) is 4.29. The Morgan fingerprint density at radius 2 is 1.89 bits per heavy atom. The lowest BCUT2D eigenvalue weighted by Gasteiger charge is -2.17. The highest BCUT2D eigenvalue weighted by molar-refractivity contribution is 5.92. The molecule has 1 aromatic heterocycles. The molecule has 0 radical (unpaired) electrons. The Kier molecular flexibility index (Phi) is 5.71. The van der Waals surface area contributed by atoms with Crippen LogP contribution in [0.2, 0.25) is 0 Å². The van der Waals surface area contributed by atoms with Crippen molar-refractivity contribution in [2.45, 2.75) is 13.0 Å². The van der Waals surface area contributed by atoms with Crippen molar-refractivity contribution in [3.63, 3.8) is 0 Å². The highest BCUT2D eigenvalue weighted by Gasteiger charge is 2.13. The normalized spacial score (nSPS) is 12.1. The molecule has 138 valence electrons. The summed E-state index contributed by atoms with van der Waals surface area (Å²) in [4.78, 5) is 16.8. The first-order valence-electron chi connectivity index (χ1n) is 8.67. The fourth-order valence-corrected chi connectivity index (χ4v) is 2.85. The second-order valence-electron chi connectivity index (χ2n) is 6.10. The van der Waals surface area contributed by atoms with E-state index in [0.717, 1.165) is 22.2 Å². The van der Waals surface area contributed by atoms with Gasteiger partial charge in [0.05, 0.1) is 31.5 Å². The van der Waals surface area contributed by atoms with Gasteiger partial charge in [0.1, 0.15) is 11.5 Å². The van der Waals surface area contributed by atoms with E-state index in [0.29, 0.717) is 11.5 Å². The Labute approximate surface area is 158 Å². The molecule has 1 unspecified atom stereocenters. The van der Waals surface area contributed by atoms with Gasteiger partial charge in [-0.1, -0.05) is 24.3 Å². The number of carbonyl (C=O) groups excluding carboxylic acids is 1. The summed E-state index contributed by atoms with van der Waals surface area (Å²) in [5.41, 5.74) is 2.51. The van der Waals surface area contributed by atoms with Gasteiger partial charge >= 0.3 is 0 Å². The Morgan fingerprint density at radius 3 is 2.67 bits per heavy atom. The van der Waals surface area contributed by atoms with E-state index in [1.165, 1.54) is 6.08 Å². The number of hydrogen-bond donors (Lipinski definition) is 1. The minimum Gasteiger partial charge on any atom is -0.497 e. The number of rotatable bonds is 6. The monoisotopic (exact) mass is 362 g/mol. The number of aromatic nitrogens is 1. The zero-order valence-electron chi connectivity index (χ0n) is 15.6. The van der Waals surface area contributed by atoms with Gasteiger partial charge in [-0.05, 0) is 37.3 Å². The van der Waals surface area contributed by atoms with E-state index in [2.05, 4.69) is 10.3 Å². The minimum atomic E-state index is -0.215. The second-order valence-corrected chi connectivity index (χ2v) is 6.10. The van der Waals surface area contributed by atoms with Gasteiger partial charge in [-0.15, -0.1) is 0 Å². The lowest BCUT2D eigenvalue weighted by Crippen LogP contribution is -2.25. The number of amides is 1. The van der Waals surface area contributed by atoms with Crippen molar-refractivity contribution in [1.82, 2.24) is 10.3 Å². The van der Waals surface area contributed by atoms with E-state index < -0.39 is 0 Å². The minimum absolute atomic E-state index is 0.199. The molecule has 2 aromatic carbocycles. The number of ether oxygens (including phenoxy) is 2. The number of para-hydroxylation sites is 1. The zero-order chi connectivity index (χ0) is 19.2. The number of methoxy groups -OCH3 is 2. The Balaban J connectivity index is 1.70. The largest absolute Gasteiger partial charge is 0.497 e. The van der Waals surface area contributed by atoms with Gasteiger partial charge in [-0.3, -0.25) is 4.79 Å². The lowest BCUT2D eigenvalue weighted by molar-refractivity contribution is -0.117. The van der Waals surface area contributed by atoms with Crippen molar-refractivity contribution in [3.05, 3.63) is 71.9 Å². The van der Waals surface area contributed by atoms with E-state index in [1.807, 2.05) is 55.5 Å². The smallest absolute Gasteiger partial charge is 0.244 e. The van der Waals surface area contributed by atoms with Gasteiger partial charge in [0.25, 0.3) is 0 Å². The molecule has 3 aromatic rings. The maximum atomic E-state index is 12.3. The van der Waals surface area contributed by atoms with E-state index in [-0.39, 0.29) is 11.9 Å². The quantitative estimate of drug-likeness (QED) is 0.670. The molecule has 0 aliphatic heterocycles. The van der Waals surface area contributed by atoms with Gasteiger partial charge in [0.2, 0.25) is 5.91 Å². The van der Waals surface area contributed by atoms with Crippen molar-refractivity contribution in [2.75, 3.05) is 14.2 Å². The molecule has 1 atom stereocenters. The fraction of sp³-hybridized carbons (Fsp3) is 0.182. The number of pyridine rings is 1. The summed E-state index contributed by atoms with van der Waals surface area (Å²) >= 11 is 0. The summed E-state index contributed by atoms with van der Waals surface area (Å²) in [6.07, 6.45) is 3.20. The van der Waals surface area contributed by atoms with Gasteiger partial charge in [-0.2, -0.15) is 0 Å². The van der Waals surface area contributed by atoms with Gasteiger partial charge < -0.3 is 14.8 Å². The molecule has 3 rings (SSSR count). The van der Waals surface area contributed by atoms with Crippen LogP contribution in [0.4, 0.5) is 0 Å². The topological polar surface area (TPSA) is 60.5 Å². The molecule has 27 heavy (non-hydrogen) atoms. The van der Waals surface area contributed by atoms with Crippen LogP contribution in [0.5, 0.6) is 11.5 Å². The first kappa shape index (κ1) is 18.5. The molecule has 5 nitrogen and oxygen atoms in total. The summed E-state index contributed by atoms with van der Waals surface area (Å²) < 4.78 is 10.6. The summed E-state index contributed by atoms with van der Waals surface area (Å²) in [6, 6.07) is 17.1. The highest BCUT2D eigenvalue weighted by atomic mass is 16.5. The summed E-state index contributed by atoms with van der Waals surface area (Å²) in [6.45, 7) is 1.91. The van der Waals surface area contributed by atoms with Gasteiger partial charge in [-0.25, -0.2) is 4.98 Å². The number of benzene rings is 2. The number of nitrogens with zero attached hydrogens (tertiary/aromatic N) is 1. The van der Waals surface area contributed by atoms with Gasteiger partial charge in [0, 0.05) is 23.1 Å². The predicted octanol–water partition coefficient (Wildman–Crippen LogP) is 4.14. The molecular weight excluding hydrogens is 340 g/mol. The van der Waals surface area contributed by atoms with E-state index in [1.54, 1.807) is 26.4 Å². The predicted molar refractivity (Wildman–Crippen MR) is 107 cm³/mol. The molecule has 0 aliphatic rings. The van der Waals surface area contributed by atoms with Crippen LogP contribution < -0.4 is 14.8 Å². The van der Waals surface area contributed by atoms with Crippen molar-refractivity contribution < 1.29 is 14.3 Å². The average Bonchev–Trinajstić information content (AvgIpc) is 2.71. The fourth-order valence-electron chi connectivity index (χ4n) is 2.85. The van der Waals surface area contributed by atoms with Crippen LogP contribution in [0.1, 0.15) is 24.2 Å². The van der Waals surface area contributed by atoms with Crippen LogP contribution in [0.3, 0.4) is 0 Å². The van der Waals surface area contributed by atoms with Crippen LogP contribution in [-0.4, -0.2) is 25.1 Å². The van der Waals surface area contributed by atoms with Crippen molar-refractivity contribution in [1.29, 1.82) is 0 Å².